The molecule has 0 saturated carbocycles. The van der Waals surface area contributed by atoms with E-state index in [-0.39, 0.29) is 50.6 Å². The van der Waals surface area contributed by atoms with E-state index in [0.29, 0.717) is 6.42 Å². The molecule has 0 aromatic rings. The van der Waals surface area contributed by atoms with Crippen molar-refractivity contribution in [3.63, 3.8) is 0 Å². The third-order valence-corrected chi connectivity index (χ3v) is 5.13. The van der Waals surface area contributed by atoms with Gasteiger partial charge < -0.3 is 16.6 Å². The number of carbonyl (C=O) groups excluding carboxylic acids is 3. The van der Waals surface area contributed by atoms with Crippen molar-refractivity contribution in [2.75, 3.05) is 13.2 Å². The molecule has 0 heterocycles. The fourth-order valence-electron chi connectivity index (χ4n) is 2.51. The quantitative estimate of drug-likeness (QED) is 0.102. The Labute approximate surface area is 197 Å². The van der Waals surface area contributed by atoms with Gasteiger partial charge in [0.2, 0.25) is 0 Å². The Morgan fingerprint density at radius 1 is 0.966 bits per heavy atom. The van der Waals surface area contributed by atoms with E-state index in [4.69, 9.17) is 10.3 Å². The molecule has 0 bridgehead atoms. The van der Waals surface area contributed by atoms with E-state index in [1.165, 1.54) is 32.1 Å². The Balaban J connectivity index is -0.00000364. The minimum Gasteiger partial charge on any atom is -1.00 e. The average molecular weight is 448 g/mol. The van der Waals surface area contributed by atoms with Gasteiger partial charge in [-0.2, -0.15) is 8.42 Å². The predicted molar refractivity (Wildman–Crippen MR) is 104 cm³/mol. The number of rotatable bonds is 16. The van der Waals surface area contributed by atoms with Gasteiger partial charge in [-0.15, -0.1) is 0 Å². The Hall–Kier alpha value is -0.520. The summed E-state index contributed by atoms with van der Waals surface area (Å²) in [6.45, 7) is 1.85. The molecule has 0 aliphatic rings. The van der Waals surface area contributed by atoms with Gasteiger partial charge >= 0.3 is 47.5 Å². The van der Waals surface area contributed by atoms with Crippen molar-refractivity contribution in [1.29, 1.82) is 0 Å². The Kier molecular flexibility index (Phi) is 19.3. The molecular formula is C18H34NNaO8S. The molecule has 0 amide bonds. The molecular weight excluding hydrogens is 413 g/mol. The van der Waals surface area contributed by atoms with E-state index < -0.39 is 39.7 Å². The van der Waals surface area contributed by atoms with Crippen LogP contribution in [0.1, 0.15) is 79.0 Å². The average Bonchev–Trinajstić information content (AvgIpc) is 2.61. The van der Waals surface area contributed by atoms with Gasteiger partial charge in [0.1, 0.15) is 6.61 Å². The van der Waals surface area contributed by atoms with Gasteiger partial charge in [0.05, 0.1) is 6.42 Å². The van der Waals surface area contributed by atoms with Gasteiger partial charge in [0.25, 0.3) is 10.1 Å². The smallest absolute Gasteiger partial charge is 1.00 e. The van der Waals surface area contributed by atoms with Gasteiger partial charge in [-0.05, 0) is 6.42 Å². The molecule has 9 nitrogen and oxygen atoms in total. The van der Waals surface area contributed by atoms with Crippen LogP contribution in [0.3, 0.4) is 0 Å². The zero-order valence-corrected chi connectivity index (χ0v) is 20.4. The van der Waals surface area contributed by atoms with Gasteiger partial charge in [-0.3, -0.25) is 18.9 Å². The molecule has 29 heavy (non-hydrogen) atoms. The molecule has 11 heteroatoms. The number of nitrogens with two attached hydrogens (primary N) is 1. The normalized spacial score (nSPS) is 12.0. The van der Waals surface area contributed by atoms with Gasteiger partial charge in [0, 0.05) is 13.0 Å². The summed E-state index contributed by atoms with van der Waals surface area (Å²) in [4.78, 5) is 35.0. The zero-order chi connectivity index (χ0) is 21.4. The largest absolute Gasteiger partial charge is 1.00 e. The van der Waals surface area contributed by atoms with Crippen LogP contribution in [0, 0.1) is 0 Å². The fraction of sp³-hybridized carbons (Fsp3) is 0.833. The Bertz CT molecular complexity index is 589. The molecule has 1 unspecified atom stereocenters. The SMILES string of the molecule is CCCCCCCCCCCC(=O)OC(=O)CC(C(=O)OCCN)S(=O)(=O)O.[H-].[Na+]. The Morgan fingerprint density at radius 2 is 1.48 bits per heavy atom. The van der Waals surface area contributed by atoms with Crippen LogP contribution >= 0.6 is 0 Å². The monoisotopic (exact) mass is 447 g/mol. The van der Waals surface area contributed by atoms with E-state index in [9.17, 15) is 22.8 Å². The summed E-state index contributed by atoms with van der Waals surface area (Å²) < 4.78 is 40.6. The van der Waals surface area contributed by atoms with Crippen molar-refractivity contribution >= 4 is 28.0 Å². The van der Waals surface area contributed by atoms with Crippen LogP contribution in [0.25, 0.3) is 0 Å². The molecule has 3 N–H and O–H groups in total. The molecule has 0 spiro atoms. The predicted octanol–water partition coefficient (Wildman–Crippen LogP) is -0.758. The first kappa shape index (κ1) is 30.7. The molecule has 0 fully saturated rings. The maximum atomic E-state index is 11.7. The van der Waals surface area contributed by atoms with Crippen LogP contribution in [-0.2, 0) is 34.0 Å². The summed E-state index contributed by atoms with van der Waals surface area (Å²) in [7, 11) is -4.89. The van der Waals surface area contributed by atoms with Crippen LogP contribution in [0.4, 0.5) is 0 Å². The number of carbonyl (C=O) groups is 3. The first-order valence-corrected chi connectivity index (χ1v) is 11.3. The number of ether oxygens (including phenoxy) is 2. The molecule has 0 aliphatic carbocycles. The first-order valence-electron chi connectivity index (χ1n) is 9.78. The van der Waals surface area contributed by atoms with E-state index in [1.807, 2.05) is 0 Å². The second kappa shape index (κ2) is 18.3. The van der Waals surface area contributed by atoms with Gasteiger partial charge in [0.15, 0.2) is 5.25 Å². The molecule has 0 saturated heterocycles. The van der Waals surface area contributed by atoms with Crippen LogP contribution in [-0.4, -0.2) is 49.3 Å². The number of hydrogen-bond donors (Lipinski definition) is 2. The van der Waals surface area contributed by atoms with Crippen molar-refractivity contribution in [2.45, 2.75) is 82.8 Å². The topological polar surface area (TPSA) is 150 Å². The second-order valence-electron chi connectivity index (χ2n) is 6.59. The van der Waals surface area contributed by atoms with Gasteiger partial charge in [-0.1, -0.05) is 58.3 Å². The van der Waals surface area contributed by atoms with Crippen LogP contribution in [0.15, 0.2) is 0 Å². The maximum Gasteiger partial charge on any atom is 1.00 e. The van der Waals surface area contributed by atoms with E-state index in [2.05, 4.69) is 16.4 Å². The molecule has 0 aromatic carbocycles. The minimum absolute atomic E-state index is 0. The van der Waals surface area contributed by atoms with Gasteiger partial charge in [-0.25, -0.2) is 0 Å². The third kappa shape index (κ3) is 16.9. The zero-order valence-electron chi connectivity index (χ0n) is 18.6. The van der Waals surface area contributed by atoms with Crippen LogP contribution in [0.2, 0.25) is 0 Å². The van der Waals surface area contributed by atoms with Crippen molar-refractivity contribution in [1.82, 2.24) is 0 Å². The van der Waals surface area contributed by atoms with Crippen LogP contribution in [0.5, 0.6) is 0 Å². The Morgan fingerprint density at radius 3 is 1.97 bits per heavy atom. The van der Waals surface area contributed by atoms with Crippen LogP contribution < -0.4 is 35.3 Å². The summed E-state index contributed by atoms with van der Waals surface area (Å²) in [6.07, 6.45) is 8.58. The molecule has 0 radical (unpaired) electrons. The number of hydrogen-bond acceptors (Lipinski definition) is 8. The minimum atomic E-state index is -4.89. The molecule has 0 rings (SSSR count). The number of unbranched alkanes of at least 4 members (excludes halogenated alkanes) is 8. The van der Waals surface area contributed by atoms with Crippen molar-refractivity contribution < 1.29 is 67.8 Å². The summed E-state index contributed by atoms with van der Waals surface area (Å²) in [5.74, 6) is -3.33. The summed E-state index contributed by atoms with van der Waals surface area (Å²) in [5.41, 5.74) is 5.13. The first-order chi connectivity index (χ1) is 13.2. The molecule has 0 aliphatic heterocycles. The van der Waals surface area contributed by atoms with E-state index >= 15 is 0 Å². The summed E-state index contributed by atoms with van der Waals surface area (Å²) in [5, 5.41) is -2.15. The van der Waals surface area contributed by atoms with E-state index in [1.54, 1.807) is 0 Å². The third-order valence-electron chi connectivity index (χ3n) is 4.05. The maximum absolute atomic E-state index is 11.7. The second-order valence-corrected chi connectivity index (χ2v) is 8.19. The molecule has 166 valence electrons. The summed E-state index contributed by atoms with van der Waals surface area (Å²) in [6, 6.07) is 0. The number of esters is 3. The molecule has 0 aromatic heterocycles. The fourth-order valence-corrected chi connectivity index (χ4v) is 3.17. The van der Waals surface area contributed by atoms with Crippen molar-refractivity contribution in [3.05, 3.63) is 0 Å². The van der Waals surface area contributed by atoms with E-state index in [0.717, 1.165) is 19.3 Å². The van der Waals surface area contributed by atoms with Crippen molar-refractivity contribution in [3.8, 4) is 0 Å². The molecule has 1 atom stereocenters. The van der Waals surface area contributed by atoms with Crippen molar-refractivity contribution in [2.24, 2.45) is 5.73 Å². The summed E-state index contributed by atoms with van der Waals surface area (Å²) >= 11 is 0. The standard InChI is InChI=1S/C18H33NO8S.Na.H/c1-2-3-4-5-6-7-8-9-10-11-16(20)27-17(21)14-15(28(23,24)25)18(22)26-13-12-19;;/h15H,2-14,19H2,1H3,(H,23,24,25);;/q;+1;-1.